The van der Waals surface area contributed by atoms with Crippen LogP contribution < -0.4 is 5.32 Å². The second-order valence-corrected chi connectivity index (χ2v) is 9.54. The number of aromatic nitrogens is 1. The third-order valence-corrected chi connectivity index (χ3v) is 7.55. The number of nitrogens with zero attached hydrogens (tertiary/aromatic N) is 2. The molecule has 0 unspecified atom stereocenters. The molecule has 1 fully saturated rings. The van der Waals surface area contributed by atoms with Crippen molar-refractivity contribution in [3.05, 3.63) is 65.9 Å². The SMILES string of the molecule is Cc1ccc(NC(=O)c2cccc3cccnc23)cc1S(=O)(=O)N1CCCCCC1. The van der Waals surface area contributed by atoms with E-state index in [0.717, 1.165) is 31.1 Å². The molecule has 0 spiro atoms. The summed E-state index contributed by atoms with van der Waals surface area (Å²) in [6.45, 7) is 2.87. The molecule has 3 aromatic rings. The van der Waals surface area contributed by atoms with Crippen molar-refractivity contribution < 1.29 is 13.2 Å². The van der Waals surface area contributed by atoms with Gasteiger partial charge in [-0.1, -0.05) is 37.1 Å². The third kappa shape index (κ3) is 4.08. The topological polar surface area (TPSA) is 79.4 Å². The summed E-state index contributed by atoms with van der Waals surface area (Å²) in [5.74, 6) is -0.318. The van der Waals surface area contributed by atoms with E-state index in [1.165, 1.54) is 0 Å². The van der Waals surface area contributed by atoms with Crippen LogP contribution in [0.15, 0.2) is 59.6 Å². The first-order chi connectivity index (χ1) is 14.5. The van der Waals surface area contributed by atoms with Gasteiger partial charge in [-0.2, -0.15) is 4.31 Å². The zero-order chi connectivity index (χ0) is 21.1. The average molecular weight is 424 g/mol. The molecule has 0 aliphatic carbocycles. The van der Waals surface area contributed by atoms with Crippen LogP contribution in [0.4, 0.5) is 5.69 Å². The van der Waals surface area contributed by atoms with E-state index in [1.807, 2.05) is 24.3 Å². The number of amides is 1. The van der Waals surface area contributed by atoms with Gasteiger partial charge in [-0.25, -0.2) is 8.42 Å². The Bertz CT molecular complexity index is 1180. The Morgan fingerprint density at radius 3 is 2.50 bits per heavy atom. The van der Waals surface area contributed by atoms with E-state index in [1.54, 1.807) is 41.7 Å². The van der Waals surface area contributed by atoms with Crippen LogP contribution in [0.25, 0.3) is 10.9 Å². The second-order valence-electron chi connectivity index (χ2n) is 7.63. The number of sulfonamides is 1. The summed E-state index contributed by atoms with van der Waals surface area (Å²) in [6.07, 6.45) is 5.52. The second kappa shape index (κ2) is 8.53. The van der Waals surface area contributed by atoms with Crippen molar-refractivity contribution in [2.24, 2.45) is 0 Å². The minimum atomic E-state index is -3.60. The number of nitrogens with one attached hydrogen (secondary N) is 1. The van der Waals surface area contributed by atoms with Crippen LogP contribution in [0.1, 0.15) is 41.6 Å². The summed E-state index contributed by atoms with van der Waals surface area (Å²) in [5, 5.41) is 3.72. The summed E-state index contributed by atoms with van der Waals surface area (Å²) in [6, 6.07) is 14.2. The standard InChI is InChI=1S/C23H25N3O3S/c1-17-11-12-19(16-21(17)30(28,29)26-14-4-2-3-5-15-26)25-23(27)20-10-6-8-18-9-7-13-24-22(18)20/h6-13,16H,2-5,14-15H2,1H3,(H,25,27). The summed E-state index contributed by atoms with van der Waals surface area (Å²) in [7, 11) is -3.60. The Morgan fingerprint density at radius 2 is 1.73 bits per heavy atom. The maximum absolute atomic E-state index is 13.2. The fraction of sp³-hybridized carbons (Fsp3) is 0.304. The molecular weight excluding hydrogens is 398 g/mol. The monoisotopic (exact) mass is 423 g/mol. The van der Waals surface area contributed by atoms with Crippen LogP contribution in [0.5, 0.6) is 0 Å². The van der Waals surface area contributed by atoms with Gasteiger partial charge in [0.05, 0.1) is 16.0 Å². The van der Waals surface area contributed by atoms with Crippen LogP contribution in [0.2, 0.25) is 0 Å². The summed E-state index contributed by atoms with van der Waals surface area (Å²) in [5.41, 5.74) is 2.18. The van der Waals surface area contributed by atoms with Crippen molar-refractivity contribution in [2.45, 2.75) is 37.5 Å². The Hall–Kier alpha value is -2.77. The molecule has 1 N–H and O–H groups in total. The number of carbonyl (C=O) groups excluding carboxylic acids is 1. The smallest absolute Gasteiger partial charge is 0.257 e. The zero-order valence-corrected chi connectivity index (χ0v) is 17.8. The molecule has 2 heterocycles. The van der Waals surface area contributed by atoms with E-state index in [4.69, 9.17) is 0 Å². The highest BCUT2D eigenvalue weighted by molar-refractivity contribution is 7.89. The number of para-hydroxylation sites is 1. The van der Waals surface area contributed by atoms with Crippen LogP contribution in [0, 0.1) is 6.92 Å². The molecule has 7 heteroatoms. The van der Waals surface area contributed by atoms with Gasteiger partial charge < -0.3 is 5.32 Å². The van der Waals surface area contributed by atoms with Crippen LogP contribution in [0.3, 0.4) is 0 Å². The summed E-state index contributed by atoms with van der Waals surface area (Å²) in [4.78, 5) is 17.5. The van der Waals surface area contributed by atoms with Crippen LogP contribution in [-0.2, 0) is 10.0 Å². The number of carbonyl (C=O) groups is 1. The van der Waals surface area contributed by atoms with Gasteiger partial charge in [-0.15, -0.1) is 0 Å². The maximum Gasteiger partial charge on any atom is 0.257 e. The fourth-order valence-corrected chi connectivity index (χ4v) is 5.63. The number of fused-ring (bicyclic) bond motifs is 1. The van der Waals surface area contributed by atoms with Crippen LogP contribution in [-0.4, -0.2) is 36.7 Å². The Balaban J connectivity index is 1.64. The van der Waals surface area contributed by atoms with Gasteiger partial charge in [0.15, 0.2) is 0 Å². The number of benzene rings is 2. The lowest BCUT2D eigenvalue weighted by Crippen LogP contribution is -2.32. The molecule has 1 aromatic heterocycles. The lowest BCUT2D eigenvalue weighted by Gasteiger charge is -2.21. The van der Waals surface area contributed by atoms with E-state index < -0.39 is 10.0 Å². The molecule has 30 heavy (non-hydrogen) atoms. The number of aryl methyl sites for hydroxylation is 1. The molecular formula is C23H25N3O3S. The molecule has 156 valence electrons. The molecule has 0 radical (unpaired) electrons. The highest BCUT2D eigenvalue weighted by Crippen LogP contribution is 2.26. The van der Waals surface area contributed by atoms with Crippen molar-refractivity contribution in [2.75, 3.05) is 18.4 Å². The minimum Gasteiger partial charge on any atom is -0.322 e. The first-order valence-corrected chi connectivity index (χ1v) is 11.7. The highest BCUT2D eigenvalue weighted by atomic mass is 32.2. The molecule has 0 bridgehead atoms. The van der Waals surface area contributed by atoms with E-state index in [-0.39, 0.29) is 10.8 Å². The van der Waals surface area contributed by atoms with E-state index >= 15 is 0 Å². The van der Waals surface area contributed by atoms with E-state index in [0.29, 0.717) is 35.4 Å². The van der Waals surface area contributed by atoms with Crippen molar-refractivity contribution >= 4 is 32.5 Å². The van der Waals surface area contributed by atoms with Gasteiger partial charge in [-0.3, -0.25) is 9.78 Å². The molecule has 4 rings (SSSR count). The predicted octanol–water partition coefficient (Wildman–Crippen LogP) is 4.36. The average Bonchev–Trinajstić information content (AvgIpc) is 3.05. The van der Waals surface area contributed by atoms with Crippen LogP contribution >= 0.6 is 0 Å². The Kier molecular flexibility index (Phi) is 5.83. The number of pyridine rings is 1. The van der Waals surface area contributed by atoms with Gasteiger partial charge >= 0.3 is 0 Å². The molecule has 6 nitrogen and oxygen atoms in total. The quantitative estimate of drug-likeness (QED) is 0.676. The third-order valence-electron chi connectivity index (χ3n) is 5.51. The van der Waals surface area contributed by atoms with Gasteiger partial charge in [0, 0.05) is 30.4 Å². The summed E-state index contributed by atoms with van der Waals surface area (Å²) < 4.78 is 28.1. The normalized spacial score (nSPS) is 15.6. The molecule has 0 saturated carbocycles. The van der Waals surface area contributed by atoms with E-state index in [9.17, 15) is 13.2 Å². The molecule has 1 saturated heterocycles. The molecule has 0 atom stereocenters. The number of anilines is 1. The number of hydrogen-bond donors (Lipinski definition) is 1. The largest absolute Gasteiger partial charge is 0.322 e. The Labute approximate surface area is 177 Å². The van der Waals surface area contributed by atoms with Gasteiger partial charge in [0.1, 0.15) is 0 Å². The number of rotatable bonds is 4. The van der Waals surface area contributed by atoms with Gasteiger partial charge in [0.25, 0.3) is 5.91 Å². The van der Waals surface area contributed by atoms with Gasteiger partial charge in [0.2, 0.25) is 10.0 Å². The van der Waals surface area contributed by atoms with Crippen molar-refractivity contribution in [1.82, 2.24) is 9.29 Å². The Morgan fingerprint density at radius 1 is 1.00 bits per heavy atom. The lowest BCUT2D eigenvalue weighted by molar-refractivity contribution is 0.102. The number of hydrogen-bond acceptors (Lipinski definition) is 4. The molecule has 1 aliphatic rings. The first-order valence-electron chi connectivity index (χ1n) is 10.2. The fourth-order valence-electron chi connectivity index (χ4n) is 3.86. The lowest BCUT2D eigenvalue weighted by atomic mass is 10.1. The summed E-state index contributed by atoms with van der Waals surface area (Å²) >= 11 is 0. The van der Waals surface area contributed by atoms with Crippen molar-refractivity contribution in [3.63, 3.8) is 0 Å². The predicted molar refractivity (Wildman–Crippen MR) is 118 cm³/mol. The van der Waals surface area contributed by atoms with Crippen molar-refractivity contribution in [1.29, 1.82) is 0 Å². The first kappa shape index (κ1) is 20.5. The van der Waals surface area contributed by atoms with Crippen molar-refractivity contribution in [3.8, 4) is 0 Å². The highest BCUT2D eigenvalue weighted by Gasteiger charge is 2.27. The molecule has 1 amide bonds. The maximum atomic E-state index is 13.2. The minimum absolute atomic E-state index is 0.248. The van der Waals surface area contributed by atoms with Gasteiger partial charge in [-0.05, 0) is 49.6 Å². The molecule has 1 aliphatic heterocycles. The van der Waals surface area contributed by atoms with E-state index in [2.05, 4.69) is 10.3 Å². The molecule has 2 aromatic carbocycles. The zero-order valence-electron chi connectivity index (χ0n) is 17.0.